The molecule has 2 atom stereocenters. The molecule has 13 heavy (non-hydrogen) atoms. The van der Waals surface area contributed by atoms with Crippen molar-refractivity contribution >= 4 is 0 Å². The maximum Gasteiger partial charge on any atom is -0.00488 e. The molecule has 0 heterocycles. The zero-order valence-corrected chi connectivity index (χ0v) is 8.67. The summed E-state index contributed by atoms with van der Waals surface area (Å²) in [4.78, 5) is 0. The fourth-order valence-electron chi connectivity index (χ4n) is 3.36. The van der Waals surface area contributed by atoms with Gasteiger partial charge in [-0.25, -0.2) is 0 Å². The van der Waals surface area contributed by atoms with E-state index in [-0.39, 0.29) is 0 Å². The summed E-state index contributed by atoms with van der Waals surface area (Å²) in [5.41, 5.74) is 5.73. The average molecular weight is 181 g/mol. The highest BCUT2D eigenvalue weighted by Gasteiger charge is 2.30. The van der Waals surface area contributed by atoms with Crippen LogP contribution in [0.15, 0.2) is 0 Å². The van der Waals surface area contributed by atoms with Crippen molar-refractivity contribution in [2.75, 3.05) is 6.54 Å². The maximum atomic E-state index is 5.73. The SMILES string of the molecule is NCC1CCC(C2CCCCC2)C1. The highest BCUT2D eigenvalue weighted by molar-refractivity contribution is 4.82. The zero-order chi connectivity index (χ0) is 9.10. The van der Waals surface area contributed by atoms with E-state index in [2.05, 4.69) is 0 Å². The van der Waals surface area contributed by atoms with Crippen molar-refractivity contribution in [2.24, 2.45) is 23.5 Å². The van der Waals surface area contributed by atoms with Crippen LogP contribution in [0.3, 0.4) is 0 Å². The second kappa shape index (κ2) is 4.45. The molecule has 0 aromatic rings. The quantitative estimate of drug-likeness (QED) is 0.696. The summed E-state index contributed by atoms with van der Waals surface area (Å²) < 4.78 is 0. The van der Waals surface area contributed by atoms with E-state index in [1.54, 1.807) is 0 Å². The molecule has 0 bridgehead atoms. The largest absolute Gasteiger partial charge is 0.330 e. The Bertz CT molecular complexity index is 149. The second-order valence-corrected chi connectivity index (χ2v) is 5.07. The highest BCUT2D eigenvalue weighted by atomic mass is 14.6. The first-order valence-electron chi connectivity index (χ1n) is 6.10. The van der Waals surface area contributed by atoms with Crippen LogP contribution >= 0.6 is 0 Å². The van der Waals surface area contributed by atoms with E-state index < -0.39 is 0 Å². The third-order valence-corrected chi connectivity index (χ3v) is 4.23. The van der Waals surface area contributed by atoms with Gasteiger partial charge in [-0.3, -0.25) is 0 Å². The molecule has 2 aliphatic rings. The Morgan fingerprint density at radius 1 is 0.846 bits per heavy atom. The zero-order valence-electron chi connectivity index (χ0n) is 8.67. The molecule has 0 radical (unpaired) electrons. The van der Waals surface area contributed by atoms with Crippen LogP contribution in [0, 0.1) is 17.8 Å². The molecule has 2 N–H and O–H groups in total. The van der Waals surface area contributed by atoms with E-state index in [1.807, 2.05) is 0 Å². The molecule has 0 aliphatic heterocycles. The summed E-state index contributed by atoms with van der Waals surface area (Å²) in [7, 11) is 0. The van der Waals surface area contributed by atoms with Crippen LogP contribution in [0.1, 0.15) is 51.4 Å². The summed E-state index contributed by atoms with van der Waals surface area (Å²) in [6.45, 7) is 0.934. The van der Waals surface area contributed by atoms with Crippen molar-refractivity contribution in [3.63, 3.8) is 0 Å². The van der Waals surface area contributed by atoms with Crippen LogP contribution in [-0.2, 0) is 0 Å². The van der Waals surface area contributed by atoms with Gasteiger partial charge in [-0.1, -0.05) is 32.1 Å². The summed E-state index contributed by atoms with van der Waals surface area (Å²) in [6, 6.07) is 0. The predicted molar refractivity (Wildman–Crippen MR) is 56.5 cm³/mol. The first kappa shape index (κ1) is 9.51. The fraction of sp³-hybridized carbons (Fsp3) is 1.00. The van der Waals surface area contributed by atoms with Gasteiger partial charge in [0, 0.05) is 0 Å². The minimum Gasteiger partial charge on any atom is -0.330 e. The van der Waals surface area contributed by atoms with E-state index in [0.29, 0.717) is 0 Å². The number of hydrogen-bond donors (Lipinski definition) is 1. The molecule has 2 rings (SSSR count). The Hall–Kier alpha value is -0.0400. The third-order valence-electron chi connectivity index (χ3n) is 4.23. The summed E-state index contributed by atoms with van der Waals surface area (Å²) in [6.07, 6.45) is 11.8. The molecule has 0 spiro atoms. The van der Waals surface area contributed by atoms with Gasteiger partial charge >= 0.3 is 0 Å². The summed E-state index contributed by atoms with van der Waals surface area (Å²) >= 11 is 0. The lowest BCUT2D eigenvalue weighted by molar-refractivity contribution is 0.247. The Morgan fingerprint density at radius 2 is 1.62 bits per heavy atom. The molecular weight excluding hydrogens is 158 g/mol. The molecule has 2 unspecified atom stereocenters. The van der Waals surface area contributed by atoms with Gasteiger partial charge in [0.05, 0.1) is 0 Å². The number of rotatable bonds is 2. The molecule has 2 aliphatic carbocycles. The van der Waals surface area contributed by atoms with E-state index in [4.69, 9.17) is 5.73 Å². The van der Waals surface area contributed by atoms with E-state index in [0.717, 1.165) is 24.3 Å². The van der Waals surface area contributed by atoms with Crippen molar-refractivity contribution in [3.8, 4) is 0 Å². The van der Waals surface area contributed by atoms with Crippen molar-refractivity contribution in [1.29, 1.82) is 0 Å². The van der Waals surface area contributed by atoms with E-state index in [9.17, 15) is 0 Å². The lowest BCUT2D eigenvalue weighted by atomic mass is 9.79. The lowest BCUT2D eigenvalue weighted by Crippen LogP contribution is -2.17. The lowest BCUT2D eigenvalue weighted by Gasteiger charge is -2.27. The van der Waals surface area contributed by atoms with Crippen molar-refractivity contribution < 1.29 is 0 Å². The molecule has 0 aromatic carbocycles. The standard InChI is InChI=1S/C12H23N/c13-9-10-6-7-12(8-10)11-4-2-1-3-5-11/h10-12H,1-9,13H2. The maximum absolute atomic E-state index is 5.73. The molecule has 0 amide bonds. The van der Waals surface area contributed by atoms with Crippen LogP contribution < -0.4 is 5.73 Å². The fourth-order valence-corrected chi connectivity index (χ4v) is 3.36. The van der Waals surface area contributed by atoms with Crippen molar-refractivity contribution in [1.82, 2.24) is 0 Å². The first-order chi connectivity index (χ1) is 6.40. The highest BCUT2D eigenvalue weighted by Crippen LogP contribution is 2.41. The van der Waals surface area contributed by atoms with Crippen LogP contribution in [0.2, 0.25) is 0 Å². The van der Waals surface area contributed by atoms with Crippen LogP contribution in [0.5, 0.6) is 0 Å². The molecule has 2 fully saturated rings. The van der Waals surface area contributed by atoms with Crippen molar-refractivity contribution in [2.45, 2.75) is 51.4 Å². The first-order valence-corrected chi connectivity index (χ1v) is 6.10. The van der Waals surface area contributed by atoms with Gasteiger partial charge in [0.15, 0.2) is 0 Å². The van der Waals surface area contributed by atoms with Gasteiger partial charge in [-0.15, -0.1) is 0 Å². The average Bonchev–Trinajstić information content (AvgIpc) is 2.67. The molecule has 2 saturated carbocycles. The molecular formula is C12H23N. The molecule has 0 aromatic heterocycles. The monoisotopic (exact) mass is 181 g/mol. The second-order valence-electron chi connectivity index (χ2n) is 5.07. The smallest absolute Gasteiger partial charge is 0.00488 e. The van der Waals surface area contributed by atoms with Gasteiger partial charge in [0.1, 0.15) is 0 Å². The normalized spacial score (nSPS) is 36.7. The van der Waals surface area contributed by atoms with Gasteiger partial charge in [-0.05, 0) is 43.6 Å². The Balaban J connectivity index is 1.80. The van der Waals surface area contributed by atoms with Crippen LogP contribution in [0.4, 0.5) is 0 Å². The molecule has 0 saturated heterocycles. The van der Waals surface area contributed by atoms with Crippen molar-refractivity contribution in [3.05, 3.63) is 0 Å². The predicted octanol–water partition coefficient (Wildman–Crippen LogP) is 2.94. The Morgan fingerprint density at radius 3 is 2.23 bits per heavy atom. The molecule has 1 heteroatoms. The van der Waals surface area contributed by atoms with Gasteiger partial charge in [0.25, 0.3) is 0 Å². The Kier molecular flexibility index (Phi) is 3.26. The topological polar surface area (TPSA) is 26.0 Å². The third kappa shape index (κ3) is 2.25. The number of nitrogens with two attached hydrogens (primary N) is 1. The minimum atomic E-state index is 0.868. The number of hydrogen-bond acceptors (Lipinski definition) is 1. The Labute approximate surface area is 82.1 Å². The van der Waals surface area contributed by atoms with Gasteiger partial charge in [0.2, 0.25) is 0 Å². The summed E-state index contributed by atoms with van der Waals surface area (Å²) in [5, 5.41) is 0. The molecule has 76 valence electrons. The van der Waals surface area contributed by atoms with Crippen LogP contribution in [0.25, 0.3) is 0 Å². The molecule has 1 nitrogen and oxygen atoms in total. The van der Waals surface area contributed by atoms with E-state index >= 15 is 0 Å². The van der Waals surface area contributed by atoms with Gasteiger partial charge < -0.3 is 5.73 Å². The minimum absolute atomic E-state index is 0.868. The summed E-state index contributed by atoms with van der Waals surface area (Å²) in [5.74, 6) is 2.99. The van der Waals surface area contributed by atoms with E-state index in [1.165, 1.54) is 51.4 Å². The van der Waals surface area contributed by atoms with Crippen LogP contribution in [-0.4, -0.2) is 6.54 Å². The van der Waals surface area contributed by atoms with Gasteiger partial charge in [-0.2, -0.15) is 0 Å².